The fourth-order valence-corrected chi connectivity index (χ4v) is 1.45. The van der Waals surface area contributed by atoms with Crippen LogP contribution in [-0.4, -0.2) is 23.7 Å². The second kappa shape index (κ2) is 5.73. The molecular weight excluding hydrogens is 244 g/mol. The van der Waals surface area contributed by atoms with E-state index in [2.05, 4.69) is 10.6 Å². The van der Waals surface area contributed by atoms with Crippen LogP contribution >= 0.6 is 0 Å². The number of aromatic carboxylic acids is 1. The fourth-order valence-electron chi connectivity index (χ4n) is 1.45. The lowest BCUT2D eigenvalue weighted by Crippen LogP contribution is -2.35. The van der Waals surface area contributed by atoms with Gasteiger partial charge in [0.25, 0.3) is 0 Å². The van der Waals surface area contributed by atoms with Crippen LogP contribution in [0.3, 0.4) is 0 Å². The van der Waals surface area contributed by atoms with Crippen LogP contribution in [-0.2, 0) is 0 Å². The third-order valence-corrected chi connectivity index (χ3v) is 2.51. The predicted molar refractivity (Wildman–Crippen MR) is 74.6 cm³/mol. The Morgan fingerprint density at radius 3 is 2.42 bits per heavy atom. The Hall–Kier alpha value is -2.04. The van der Waals surface area contributed by atoms with Crippen molar-refractivity contribution in [2.75, 3.05) is 11.9 Å². The predicted octanol–water partition coefficient (Wildman–Crippen LogP) is 2.86. The van der Waals surface area contributed by atoms with E-state index in [9.17, 15) is 9.59 Å². The first kappa shape index (κ1) is 15.0. The van der Waals surface area contributed by atoms with Gasteiger partial charge in [0.2, 0.25) is 0 Å². The molecule has 0 atom stereocenters. The number of aryl methyl sites for hydroxylation is 1. The number of carbonyl (C=O) groups is 2. The van der Waals surface area contributed by atoms with Crippen molar-refractivity contribution in [1.29, 1.82) is 0 Å². The van der Waals surface area contributed by atoms with Gasteiger partial charge in [-0.15, -0.1) is 0 Å². The summed E-state index contributed by atoms with van der Waals surface area (Å²) in [4.78, 5) is 22.6. The molecule has 1 aromatic carbocycles. The molecule has 0 spiro atoms. The lowest BCUT2D eigenvalue weighted by atomic mass is 9.97. The summed E-state index contributed by atoms with van der Waals surface area (Å²) in [6, 6.07) is 4.46. The molecule has 0 bridgehead atoms. The minimum absolute atomic E-state index is 0.00313. The van der Waals surface area contributed by atoms with Crippen LogP contribution in [0, 0.1) is 12.3 Å². The van der Waals surface area contributed by atoms with Gasteiger partial charge in [-0.25, -0.2) is 9.59 Å². The summed E-state index contributed by atoms with van der Waals surface area (Å²) in [5.74, 6) is -1.00. The number of anilines is 1. The number of amides is 2. The molecule has 0 saturated heterocycles. The van der Waals surface area contributed by atoms with E-state index in [0.717, 1.165) is 0 Å². The first-order valence-corrected chi connectivity index (χ1v) is 6.08. The number of carboxylic acids is 1. The van der Waals surface area contributed by atoms with Crippen molar-refractivity contribution in [3.63, 3.8) is 0 Å². The zero-order valence-electron chi connectivity index (χ0n) is 11.7. The lowest BCUT2D eigenvalue weighted by molar-refractivity contribution is 0.0696. The zero-order valence-corrected chi connectivity index (χ0v) is 11.7. The molecule has 1 rings (SSSR count). The number of benzene rings is 1. The summed E-state index contributed by atoms with van der Waals surface area (Å²) in [6.45, 7) is 8.30. The van der Waals surface area contributed by atoms with Gasteiger partial charge in [0.15, 0.2) is 0 Å². The van der Waals surface area contributed by atoms with E-state index in [1.807, 2.05) is 20.8 Å². The molecule has 1 aromatic rings. The van der Waals surface area contributed by atoms with E-state index in [4.69, 9.17) is 5.11 Å². The smallest absolute Gasteiger partial charge is 0.336 e. The average molecular weight is 264 g/mol. The van der Waals surface area contributed by atoms with E-state index in [-0.39, 0.29) is 17.0 Å². The Morgan fingerprint density at radius 1 is 1.26 bits per heavy atom. The zero-order chi connectivity index (χ0) is 14.6. The summed E-state index contributed by atoms with van der Waals surface area (Å²) in [5, 5.41) is 14.4. The minimum Gasteiger partial charge on any atom is -0.478 e. The van der Waals surface area contributed by atoms with Gasteiger partial charge in [0, 0.05) is 12.2 Å². The molecule has 3 N–H and O–H groups in total. The van der Waals surface area contributed by atoms with Crippen molar-refractivity contribution >= 4 is 17.7 Å². The van der Waals surface area contributed by atoms with Crippen LogP contribution in [0.1, 0.15) is 36.7 Å². The lowest BCUT2D eigenvalue weighted by Gasteiger charge is -2.19. The molecule has 0 fully saturated rings. The number of carbonyl (C=O) groups excluding carboxylic acids is 1. The van der Waals surface area contributed by atoms with Crippen molar-refractivity contribution in [2.45, 2.75) is 27.7 Å². The largest absolute Gasteiger partial charge is 0.478 e. The normalized spacial score (nSPS) is 10.9. The number of nitrogens with one attached hydrogen (secondary N) is 2. The van der Waals surface area contributed by atoms with Crippen molar-refractivity contribution in [1.82, 2.24) is 5.32 Å². The fraction of sp³-hybridized carbons (Fsp3) is 0.429. The Labute approximate surface area is 113 Å². The summed E-state index contributed by atoms with van der Waals surface area (Å²) in [7, 11) is 0. The van der Waals surface area contributed by atoms with Crippen LogP contribution < -0.4 is 10.6 Å². The number of hydrogen-bond acceptors (Lipinski definition) is 2. The van der Waals surface area contributed by atoms with Gasteiger partial charge in [-0.1, -0.05) is 26.8 Å². The highest BCUT2D eigenvalue weighted by Gasteiger charge is 2.13. The number of rotatable bonds is 3. The average Bonchev–Trinajstić information content (AvgIpc) is 2.28. The van der Waals surface area contributed by atoms with Gasteiger partial charge in [0.1, 0.15) is 0 Å². The molecule has 0 aliphatic rings. The molecule has 19 heavy (non-hydrogen) atoms. The number of hydrogen-bond donors (Lipinski definition) is 3. The second-order valence-corrected chi connectivity index (χ2v) is 5.70. The molecule has 0 aliphatic carbocycles. The van der Waals surface area contributed by atoms with Crippen LogP contribution in [0.4, 0.5) is 10.5 Å². The SMILES string of the molecule is Cc1ccc(NC(=O)NCC(C)(C)C)cc1C(=O)O. The first-order valence-electron chi connectivity index (χ1n) is 6.08. The Balaban J connectivity index is 2.70. The first-order chi connectivity index (χ1) is 8.69. The third-order valence-electron chi connectivity index (χ3n) is 2.51. The van der Waals surface area contributed by atoms with Gasteiger partial charge in [-0.3, -0.25) is 0 Å². The van der Waals surface area contributed by atoms with Crippen molar-refractivity contribution in [2.24, 2.45) is 5.41 Å². The van der Waals surface area contributed by atoms with E-state index in [0.29, 0.717) is 17.8 Å². The monoisotopic (exact) mass is 264 g/mol. The van der Waals surface area contributed by atoms with E-state index in [1.54, 1.807) is 19.1 Å². The van der Waals surface area contributed by atoms with Crippen molar-refractivity contribution in [3.05, 3.63) is 29.3 Å². The molecule has 5 heteroatoms. The van der Waals surface area contributed by atoms with Gasteiger partial charge in [0.05, 0.1) is 5.56 Å². The number of carboxylic acid groups (broad SMARTS) is 1. The molecule has 0 heterocycles. The topological polar surface area (TPSA) is 78.4 Å². The van der Waals surface area contributed by atoms with E-state index >= 15 is 0 Å². The van der Waals surface area contributed by atoms with Crippen LogP contribution in [0.15, 0.2) is 18.2 Å². The minimum atomic E-state index is -1.00. The maximum absolute atomic E-state index is 11.7. The molecule has 0 saturated carbocycles. The van der Waals surface area contributed by atoms with Gasteiger partial charge in [-0.2, -0.15) is 0 Å². The Morgan fingerprint density at radius 2 is 1.89 bits per heavy atom. The van der Waals surface area contributed by atoms with Crippen LogP contribution in [0.25, 0.3) is 0 Å². The third kappa shape index (κ3) is 4.99. The molecule has 104 valence electrons. The van der Waals surface area contributed by atoms with Crippen molar-refractivity contribution < 1.29 is 14.7 Å². The summed E-state index contributed by atoms with van der Waals surface area (Å²) in [6.07, 6.45) is 0. The molecule has 5 nitrogen and oxygen atoms in total. The molecule has 0 unspecified atom stereocenters. The maximum atomic E-state index is 11.7. The van der Waals surface area contributed by atoms with Crippen LogP contribution in [0.2, 0.25) is 0 Å². The second-order valence-electron chi connectivity index (χ2n) is 5.70. The van der Waals surface area contributed by atoms with Gasteiger partial charge in [-0.05, 0) is 30.0 Å². The standard InChI is InChI=1S/C14H20N2O3/c1-9-5-6-10(7-11(9)12(17)18)16-13(19)15-8-14(2,3)4/h5-7H,8H2,1-4H3,(H,17,18)(H2,15,16,19). The summed E-state index contributed by atoms with van der Waals surface area (Å²) >= 11 is 0. The van der Waals surface area contributed by atoms with E-state index < -0.39 is 5.97 Å². The highest BCUT2D eigenvalue weighted by atomic mass is 16.4. The van der Waals surface area contributed by atoms with Gasteiger partial charge < -0.3 is 15.7 Å². The summed E-state index contributed by atoms with van der Waals surface area (Å²) < 4.78 is 0. The quantitative estimate of drug-likeness (QED) is 0.785. The molecule has 2 amide bonds. The van der Waals surface area contributed by atoms with Crippen molar-refractivity contribution in [3.8, 4) is 0 Å². The maximum Gasteiger partial charge on any atom is 0.336 e. The van der Waals surface area contributed by atoms with Gasteiger partial charge >= 0.3 is 12.0 Å². The van der Waals surface area contributed by atoms with E-state index in [1.165, 1.54) is 6.07 Å². The molecule has 0 aliphatic heterocycles. The number of urea groups is 1. The van der Waals surface area contributed by atoms with Crippen LogP contribution in [0.5, 0.6) is 0 Å². The molecule has 0 radical (unpaired) electrons. The molecule has 0 aromatic heterocycles. The molecular formula is C14H20N2O3. The highest BCUT2D eigenvalue weighted by molar-refractivity contribution is 5.94. The Kier molecular flexibility index (Phi) is 4.53. The summed E-state index contributed by atoms with van der Waals surface area (Å²) in [5.41, 5.74) is 1.31. The highest BCUT2D eigenvalue weighted by Crippen LogP contribution is 2.15. The Bertz CT molecular complexity index is 490.